The maximum absolute atomic E-state index is 10.4. The first-order valence-corrected chi connectivity index (χ1v) is 4.25. The molecule has 4 heteroatoms. The zero-order valence-electron chi connectivity index (χ0n) is 6.83. The fraction of sp³-hybridized carbons (Fsp3) is 0.222. The van der Waals surface area contributed by atoms with Crippen molar-refractivity contribution in [3.8, 4) is 5.75 Å². The summed E-state index contributed by atoms with van der Waals surface area (Å²) in [4.78, 5) is 10.4. The van der Waals surface area contributed by atoms with Crippen LogP contribution in [0.4, 0.5) is 0 Å². The number of carboxylic acids is 1. The molecule has 13 heavy (non-hydrogen) atoms. The van der Waals surface area contributed by atoms with Gasteiger partial charge in [0.1, 0.15) is 5.75 Å². The lowest BCUT2D eigenvalue weighted by atomic mass is 10.1. The lowest BCUT2D eigenvalue weighted by Gasteiger charge is -2.04. The molecule has 0 aliphatic carbocycles. The highest BCUT2D eigenvalue weighted by Gasteiger charge is 2.06. The van der Waals surface area contributed by atoms with E-state index in [1.807, 2.05) is 0 Å². The summed E-state index contributed by atoms with van der Waals surface area (Å²) in [6, 6.07) is 4.54. The average molecular weight is 201 g/mol. The number of phenolic OH excluding ortho intramolecular Hbond substituents is 1. The van der Waals surface area contributed by atoms with Crippen LogP contribution < -0.4 is 0 Å². The Bertz CT molecular complexity index is 323. The van der Waals surface area contributed by atoms with Gasteiger partial charge in [0.15, 0.2) is 0 Å². The number of hydrogen-bond acceptors (Lipinski definition) is 2. The van der Waals surface area contributed by atoms with Crippen LogP contribution in [-0.4, -0.2) is 16.2 Å². The maximum Gasteiger partial charge on any atom is 0.307 e. The second-order valence-corrected chi connectivity index (χ2v) is 2.92. The minimum Gasteiger partial charge on any atom is -0.508 e. The van der Waals surface area contributed by atoms with Crippen molar-refractivity contribution in [1.82, 2.24) is 0 Å². The number of hydrogen-bond donors (Lipinski definition) is 2. The fourth-order valence-corrected chi connectivity index (χ4v) is 1.33. The Balaban J connectivity index is 3.01. The SMILES string of the molecule is O=C(O)Cc1cc(O)ccc1CCl. The van der Waals surface area contributed by atoms with E-state index in [1.165, 1.54) is 12.1 Å². The molecule has 0 aromatic heterocycles. The minimum absolute atomic E-state index is 0.0603. The van der Waals surface area contributed by atoms with E-state index >= 15 is 0 Å². The highest BCUT2D eigenvalue weighted by Crippen LogP contribution is 2.18. The first-order chi connectivity index (χ1) is 6.13. The van der Waals surface area contributed by atoms with Crippen molar-refractivity contribution < 1.29 is 15.0 Å². The van der Waals surface area contributed by atoms with E-state index in [0.717, 1.165) is 5.56 Å². The molecule has 3 nitrogen and oxygen atoms in total. The summed E-state index contributed by atoms with van der Waals surface area (Å²) in [6.45, 7) is 0. The molecule has 0 atom stereocenters. The molecule has 0 saturated carbocycles. The number of alkyl halides is 1. The average Bonchev–Trinajstić information content (AvgIpc) is 2.03. The molecule has 0 heterocycles. The Morgan fingerprint density at radius 3 is 2.62 bits per heavy atom. The lowest BCUT2D eigenvalue weighted by Crippen LogP contribution is -2.02. The summed E-state index contributed by atoms with van der Waals surface area (Å²) in [7, 11) is 0. The number of benzene rings is 1. The van der Waals surface area contributed by atoms with Gasteiger partial charge in [-0.2, -0.15) is 0 Å². The summed E-state index contributed by atoms with van der Waals surface area (Å²) in [6.07, 6.45) is -0.115. The molecule has 0 unspecified atom stereocenters. The van der Waals surface area contributed by atoms with Crippen LogP contribution in [0.1, 0.15) is 11.1 Å². The lowest BCUT2D eigenvalue weighted by molar-refractivity contribution is -0.136. The molecule has 1 aromatic rings. The van der Waals surface area contributed by atoms with Crippen LogP contribution in [0.5, 0.6) is 5.75 Å². The van der Waals surface area contributed by atoms with Gasteiger partial charge in [-0.25, -0.2) is 0 Å². The largest absolute Gasteiger partial charge is 0.508 e. The second-order valence-electron chi connectivity index (χ2n) is 2.66. The molecule has 0 radical (unpaired) electrons. The molecule has 1 aromatic carbocycles. The van der Waals surface area contributed by atoms with Gasteiger partial charge in [0, 0.05) is 5.88 Å². The number of phenols is 1. The van der Waals surface area contributed by atoms with Crippen molar-refractivity contribution in [2.24, 2.45) is 0 Å². The maximum atomic E-state index is 10.4. The number of rotatable bonds is 3. The first-order valence-electron chi connectivity index (χ1n) is 3.72. The van der Waals surface area contributed by atoms with Gasteiger partial charge < -0.3 is 10.2 Å². The molecule has 0 bridgehead atoms. The van der Waals surface area contributed by atoms with Crippen LogP contribution in [0, 0.1) is 0 Å². The summed E-state index contributed by atoms with van der Waals surface area (Å²) >= 11 is 5.59. The van der Waals surface area contributed by atoms with E-state index in [9.17, 15) is 4.79 Å². The minimum atomic E-state index is -0.933. The van der Waals surface area contributed by atoms with E-state index in [1.54, 1.807) is 6.07 Å². The van der Waals surface area contributed by atoms with Crippen LogP contribution >= 0.6 is 11.6 Å². The summed E-state index contributed by atoms with van der Waals surface area (Å²) < 4.78 is 0. The summed E-state index contributed by atoms with van der Waals surface area (Å²) in [5.74, 6) is -0.620. The number of carboxylic acid groups (broad SMARTS) is 1. The third kappa shape index (κ3) is 2.63. The van der Waals surface area contributed by atoms with E-state index in [4.69, 9.17) is 21.8 Å². The van der Waals surface area contributed by atoms with Crippen molar-refractivity contribution in [1.29, 1.82) is 0 Å². The molecule has 0 aliphatic heterocycles. The number of carbonyl (C=O) groups is 1. The Morgan fingerprint density at radius 1 is 1.38 bits per heavy atom. The molecular formula is C9H9ClO3. The van der Waals surface area contributed by atoms with E-state index in [2.05, 4.69) is 0 Å². The van der Waals surface area contributed by atoms with E-state index < -0.39 is 5.97 Å². The molecule has 1 rings (SSSR count). The van der Waals surface area contributed by atoms with Gasteiger partial charge in [-0.3, -0.25) is 4.79 Å². The van der Waals surface area contributed by atoms with Crippen molar-refractivity contribution in [3.63, 3.8) is 0 Å². The zero-order valence-corrected chi connectivity index (χ0v) is 7.58. The molecule has 0 aliphatic rings. The second kappa shape index (κ2) is 4.14. The zero-order chi connectivity index (χ0) is 9.84. The monoisotopic (exact) mass is 200 g/mol. The molecule has 0 fully saturated rings. The van der Waals surface area contributed by atoms with Gasteiger partial charge in [-0.1, -0.05) is 6.07 Å². The Labute approximate surface area is 80.6 Å². The third-order valence-electron chi connectivity index (χ3n) is 1.68. The third-order valence-corrected chi connectivity index (χ3v) is 1.96. The van der Waals surface area contributed by atoms with Gasteiger partial charge in [0.25, 0.3) is 0 Å². The summed E-state index contributed by atoms with van der Waals surface area (Å²) in [5, 5.41) is 17.7. The van der Waals surface area contributed by atoms with E-state index in [0.29, 0.717) is 5.56 Å². The van der Waals surface area contributed by atoms with Gasteiger partial charge in [-0.15, -0.1) is 11.6 Å². The van der Waals surface area contributed by atoms with Crippen LogP contribution in [0.3, 0.4) is 0 Å². The van der Waals surface area contributed by atoms with Gasteiger partial charge in [-0.05, 0) is 23.3 Å². The normalized spacial score (nSPS) is 9.92. The quantitative estimate of drug-likeness (QED) is 0.731. The molecule has 2 N–H and O–H groups in total. The smallest absolute Gasteiger partial charge is 0.307 e. The van der Waals surface area contributed by atoms with E-state index in [-0.39, 0.29) is 18.1 Å². The van der Waals surface area contributed by atoms with Gasteiger partial charge in [0.05, 0.1) is 6.42 Å². The Kier molecular flexibility index (Phi) is 3.14. The molecule has 0 amide bonds. The Morgan fingerprint density at radius 2 is 2.08 bits per heavy atom. The molecule has 0 spiro atoms. The molecule has 0 saturated heterocycles. The predicted octanol–water partition coefficient (Wildman–Crippen LogP) is 1.76. The van der Waals surface area contributed by atoms with Crippen molar-refractivity contribution in [2.75, 3.05) is 0 Å². The van der Waals surface area contributed by atoms with Crippen molar-refractivity contribution in [3.05, 3.63) is 29.3 Å². The number of aliphatic carboxylic acids is 1. The summed E-state index contributed by atoms with van der Waals surface area (Å²) in [5.41, 5.74) is 1.30. The van der Waals surface area contributed by atoms with Crippen LogP contribution in [-0.2, 0) is 17.1 Å². The number of aromatic hydroxyl groups is 1. The van der Waals surface area contributed by atoms with Crippen molar-refractivity contribution >= 4 is 17.6 Å². The topological polar surface area (TPSA) is 57.5 Å². The molecular weight excluding hydrogens is 192 g/mol. The van der Waals surface area contributed by atoms with Crippen LogP contribution in [0.25, 0.3) is 0 Å². The highest BCUT2D eigenvalue weighted by atomic mass is 35.5. The molecule has 70 valence electrons. The van der Waals surface area contributed by atoms with Gasteiger partial charge >= 0.3 is 5.97 Å². The first kappa shape index (κ1) is 9.86. The fourth-order valence-electron chi connectivity index (χ4n) is 1.07. The Hall–Kier alpha value is -1.22. The van der Waals surface area contributed by atoms with Gasteiger partial charge in [0.2, 0.25) is 0 Å². The standard InChI is InChI=1S/C9H9ClO3/c10-5-6-1-2-8(11)3-7(6)4-9(12)13/h1-3,11H,4-5H2,(H,12,13). The predicted molar refractivity (Wildman–Crippen MR) is 49.0 cm³/mol. The number of halogens is 1. The van der Waals surface area contributed by atoms with Crippen LogP contribution in [0.15, 0.2) is 18.2 Å². The van der Waals surface area contributed by atoms with Crippen LogP contribution in [0.2, 0.25) is 0 Å². The van der Waals surface area contributed by atoms with Crippen molar-refractivity contribution in [2.45, 2.75) is 12.3 Å². The highest BCUT2D eigenvalue weighted by molar-refractivity contribution is 6.17.